The second-order valence-electron chi connectivity index (χ2n) is 7.72. The van der Waals surface area contributed by atoms with E-state index in [0.717, 1.165) is 22.6 Å². The number of rotatable bonds is 9. The first-order valence-corrected chi connectivity index (χ1v) is 13.6. The molecule has 2 aromatic rings. The monoisotopic (exact) mass is 526 g/mol. The second kappa shape index (κ2) is 11.6. The van der Waals surface area contributed by atoms with Crippen molar-refractivity contribution in [2.75, 3.05) is 30.8 Å². The number of sulfone groups is 1. The number of anilines is 1. The summed E-state index contributed by atoms with van der Waals surface area (Å²) in [5, 5.41) is 3.02. The quantitative estimate of drug-likeness (QED) is 0.390. The fourth-order valence-corrected chi connectivity index (χ4v) is 6.23. The maximum absolute atomic E-state index is 13.1. The summed E-state index contributed by atoms with van der Waals surface area (Å²) < 4.78 is 48.1. The Morgan fingerprint density at radius 3 is 2.46 bits per heavy atom. The summed E-state index contributed by atoms with van der Waals surface area (Å²) in [6, 6.07) is 4.51. The van der Waals surface area contributed by atoms with Crippen LogP contribution in [0.3, 0.4) is 0 Å². The summed E-state index contributed by atoms with van der Waals surface area (Å²) >= 11 is 1.18. The summed E-state index contributed by atoms with van der Waals surface area (Å²) in [6.45, 7) is 4.42. The molecular formula is C23H27FN2O7S2. The second-order valence-corrected chi connectivity index (χ2v) is 10.9. The Labute approximate surface area is 207 Å². The van der Waals surface area contributed by atoms with Crippen molar-refractivity contribution in [3.63, 3.8) is 0 Å². The first-order chi connectivity index (χ1) is 16.7. The molecule has 2 amide bonds. The van der Waals surface area contributed by atoms with Gasteiger partial charge in [-0.3, -0.25) is 4.79 Å². The van der Waals surface area contributed by atoms with Crippen LogP contribution in [0.15, 0.2) is 29.2 Å². The first kappa shape index (κ1) is 26.6. The molecule has 0 unspecified atom stereocenters. The highest BCUT2D eigenvalue weighted by Gasteiger charge is 2.31. The maximum Gasteiger partial charge on any atom is 0.410 e. The van der Waals surface area contributed by atoms with Crippen LogP contribution >= 0.6 is 11.3 Å². The summed E-state index contributed by atoms with van der Waals surface area (Å²) in [7, 11) is -3.66. The summed E-state index contributed by atoms with van der Waals surface area (Å²) in [5.74, 6) is -1.84. The summed E-state index contributed by atoms with van der Waals surface area (Å²) in [4.78, 5) is 39.6. The molecule has 0 atom stereocenters. The maximum atomic E-state index is 13.1. The summed E-state index contributed by atoms with van der Waals surface area (Å²) in [6.07, 6.45) is -0.0931. The van der Waals surface area contributed by atoms with Gasteiger partial charge < -0.3 is 19.7 Å². The molecule has 0 saturated heterocycles. The minimum Gasteiger partial charge on any atom is -0.462 e. The van der Waals surface area contributed by atoms with Crippen LogP contribution in [0.25, 0.3) is 0 Å². The van der Waals surface area contributed by atoms with E-state index in [1.807, 2.05) is 0 Å². The number of nitrogens with one attached hydrogen (secondary N) is 1. The number of amides is 2. The average molecular weight is 527 g/mol. The average Bonchev–Trinajstić information content (AvgIpc) is 3.16. The van der Waals surface area contributed by atoms with Crippen molar-refractivity contribution in [2.45, 2.75) is 44.6 Å². The summed E-state index contributed by atoms with van der Waals surface area (Å²) in [5.41, 5.74) is 0.992. The molecule has 0 fully saturated rings. The van der Waals surface area contributed by atoms with Gasteiger partial charge in [-0.05, 0) is 56.5 Å². The molecule has 0 saturated carbocycles. The molecule has 0 bridgehead atoms. The van der Waals surface area contributed by atoms with Crippen molar-refractivity contribution in [2.24, 2.45) is 0 Å². The van der Waals surface area contributed by atoms with E-state index in [1.165, 1.54) is 28.4 Å². The lowest BCUT2D eigenvalue weighted by molar-refractivity contribution is -0.116. The zero-order valence-corrected chi connectivity index (χ0v) is 21.1. The molecule has 3 rings (SSSR count). The van der Waals surface area contributed by atoms with Crippen LogP contribution in [-0.2, 0) is 37.1 Å². The van der Waals surface area contributed by atoms with E-state index < -0.39 is 33.6 Å². The Bertz CT molecular complexity index is 1190. The topological polar surface area (TPSA) is 119 Å². The van der Waals surface area contributed by atoms with Gasteiger partial charge in [-0.15, -0.1) is 11.3 Å². The van der Waals surface area contributed by atoms with Crippen molar-refractivity contribution in [3.8, 4) is 0 Å². The minimum absolute atomic E-state index is 0.0130. The van der Waals surface area contributed by atoms with Gasteiger partial charge in [0.2, 0.25) is 5.91 Å². The molecule has 0 spiro atoms. The van der Waals surface area contributed by atoms with E-state index in [4.69, 9.17) is 9.47 Å². The number of halogens is 1. The number of ether oxygens (including phenoxy) is 2. The SMILES string of the molecule is CCOC(=O)c1c(NC(=O)CCCS(=O)(=O)c2ccc(F)cc2)sc2c1CCN(C(=O)OCC)C2. The van der Waals surface area contributed by atoms with Gasteiger partial charge in [0.25, 0.3) is 0 Å². The van der Waals surface area contributed by atoms with Gasteiger partial charge >= 0.3 is 12.1 Å². The standard InChI is InChI=1S/C23H27FN2O7S2/c1-3-32-22(28)20-17-11-12-26(23(29)33-4-2)14-18(17)34-21(20)25-19(27)6-5-13-35(30,31)16-9-7-15(24)8-10-16/h7-10H,3-6,11-14H2,1-2H3,(H,25,27). The van der Waals surface area contributed by atoms with Gasteiger partial charge in [0.15, 0.2) is 9.84 Å². The zero-order valence-electron chi connectivity index (χ0n) is 19.5. The third-order valence-corrected chi connectivity index (χ3v) is 8.25. The molecule has 1 N–H and O–H groups in total. The minimum atomic E-state index is -3.66. The van der Waals surface area contributed by atoms with Crippen molar-refractivity contribution in [3.05, 3.63) is 46.1 Å². The predicted octanol–water partition coefficient (Wildman–Crippen LogP) is 3.77. The molecule has 1 aromatic heterocycles. The highest BCUT2D eigenvalue weighted by Crippen LogP contribution is 2.38. The predicted molar refractivity (Wildman–Crippen MR) is 128 cm³/mol. The number of benzene rings is 1. The van der Waals surface area contributed by atoms with Crippen LogP contribution in [0.1, 0.15) is 47.5 Å². The molecule has 190 valence electrons. The van der Waals surface area contributed by atoms with Crippen molar-refractivity contribution >= 4 is 44.1 Å². The highest BCUT2D eigenvalue weighted by atomic mass is 32.2. The van der Waals surface area contributed by atoms with Gasteiger partial charge in [-0.2, -0.15) is 0 Å². The number of hydrogen-bond donors (Lipinski definition) is 1. The zero-order chi connectivity index (χ0) is 25.6. The molecule has 1 aliphatic rings. The van der Waals surface area contributed by atoms with Crippen molar-refractivity contribution in [1.82, 2.24) is 4.90 Å². The van der Waals surface area contributed by atoms with Crippen LogP contribution in [0.5, 0.6) is 0 Å². The fraction of sp³-hybridized carbons (Fsp3) is 0.435. The third kappa shape index (κ3) is 6.57. The van der Waals surface area contributed by atoms with Gasteiger partial charge in [0.05, 0.1) is 36.0 Å². The van der Waals surface area contributed by atoms with Gasteiger partial charge in [0.1, 0.15) is 10.8 Å². The number of hydrogen-bond acceptors (Lipinski definition) is 8. The number of thiophene rings is 1. The molecule has 12 heteroatoms. The lowest BCUT2D eigenvalue weighted by atomic mass is 10.0. The lowest BCUT2D eigenvalue weighted by Crippen LogP contribution is -2.36. The number of carbonyl (C=O) groups excluding carboxylic acids is 3. The molecular weight excluding hydrogens is 499 g/mol. The van der Waals surface area contributed by atoms with Crippen molar-refractivity contribution < 1.29 is 36.7 Å². The first-order valence-electron chi connectivity index (χ1n) is 11.2. The number of nitrogens with zero attached hydrogens (tertiary/aromatic N) is 1. The Morgan fingerprint density at radius 1 is 1.11 bits per heavy atom. The Hall–Kier alpha value is -2.99. The molecule has 35 heavy (non-hydrogen) atoms. The number of carbonyl (C=O) groups is 3. The molecule has 9 nitrogen and oxygen atoms in total. The molecule has 2 heterocycles. The van der Waals surface area contributed by atoms with E-state index in [0.29, 0.717) is 18.0 Å². The largest absolute Gasteiger partial charge is 0.462 e. The van der Waals surface area contributed by atoms with Gasteiger partial charge in [0, 0.05) is 17.8 Å². The van der Waals surface area contributed by atoms with Crippen LogP contribution in [-0.4, -0.2) is 56.8 Å². The van der Waals surface area contributed by atoms with Crippen LogP contribution < -0.4 is 5.32 Å². The van der Waals surface area contributed by atoms with E-state index in [9.17, 15) is 27.2 Å². The van der Waals surface area contributed by atoms with Crippen LogP contribution in [0, 0.1) is 5.82 Å². The molecule has 1 aliphatic heterocycles. The lowest BCUT2D eigenvalue weighted by Gasteiger charge is -2.26. The van der Waals surface area contributed by atoms with E-state index in [2.05, 4.69) is 5.32 Å². The van der Waals surface area contributed by atoms with Gasteiger partial charge in [-0.1, -0.05) is 0 Å². The third-order valence-electron chi connectivity index (χ3n) is 5.31. The van der Waals surface area contributed by atoms with Crippen molar-refractivity contribution in [1.29, 1.82) is 0 Å². The Kier molecular flexibility index (Phi) is 8.84. The molecule has 0 radical (unpaired) electrons. The van der Waals surface area contributed by atoms with Crippen LogP contribution in [0.4, 0.5) is 14.2 Å². The Morgan fingerprint density at radius 2 is 1.80 bits per heavy atom. The van der Waals surface area contributed by atoms with E-state index in [-0.39, 0.29) is 48.8 Å². The normalized spacial score (nSPS) is 13.2. The smallest absolute Gasteiger partial charge is 0.410 e. The molecule has 0 aliphatic carbocycles. The highest BCUT2D eigenvalue weighted by molar-refractivity contribution is 7.91. The van der Waals surface area contributed by atoms with Crippen LogP contribution in [0.2, 0.25) is 0 Å². The van der Waals surface area contributed by atoms with Gasteiger partial charge in [-0.25, -0.2) is 22.4 Å². The number of esters is 1. The Balaban J connectivity index is 1.69. The van der Waals surface area contributed by atoms with E-state index in [1.54, 1.807) is 13.8 Å². The molecule has 1 aromatic carbocycles. The fourth-order valence-electron chi connectivity index (χ4n) is 3.65. The number of fused-ring (bicyclic) bond motifs is 1. The van der Waals surface area contributed by atoms with E-state index >= 15 is 0 Å².